The summed E-state index contributed by atoms with van der Waals surface area (Å²) < 4.78 is 0. The van der Waals surface area contributed by atoms with Crippen LogP contribution in [0.15, 0.2) is 42.1 Å². The van der Waals surface area contributed by atoms with Gasteiger partial charge in [0, 0.05) is 12.7 Å². The molecule has 18 heavy (non-hydrogen) atoms. The molecular formula is C14H14N2O2. The Hall–Kier alpha value is -2.28. The van der Waals surface area contributed by atoms with Gasteiger partial charge in [0.05, 0.1) is 12.0 Å². The highest BCUT2D eigenvalue weighted by Crippen LogP contribution is 2.24. The number of nitrogens with zero attached hydrogens (tertiary/aromatic N) is 2. The zero-order chi connectivity index (χ0) is 13.0. The van der Waals surface area contributed by atoms with Crippen molar-refractivity contribution in [2.24, 2.45) is 5.92 Å². The molecular weight excluding hydrogens is 228 g/mol. The standard InChI is InChI=1S/C14H14N2O2/c15-9-12-6-7-16(14(17)18)10-13(12)8-11-4-2-1-3-5-11/h1-5,10,12H,6-8H2,(H,17,18). The first kappa shape index (κ1) is 12.2. The van der Waals surface area contributed by atoms with E-state index < -0.39 is 6.09 Å². The molecule has 1 atom stereocenters. The molecule has 92 valence electrons. The largest absolute Gasteiger partial charge is 0.465 e. The van der Waals surface area contributed by atoms with Gasteiger partial charge in [-0.3, -0.25) is 4.90 Å². The molecule has 2 rings (SSSR count). The molecule has 1 aromatic carbocycles. The highest BCUT2D eigenvalue weighted by molar-refractivity contribution is 5.66. The fourth-order valence-corrected chi connectivity index (χ4v) is 2.11. The van der Waals surface area contributed by atoms with Crippen LogP contribution in [0.1, 0.15) is 12.0 Å². The van der Waals surface area contributed by atoms with Gasteiger partial charge in [0.2, 0.25) is 0 Å². The van der Waals surface area contributed by atoms with E-state index in [1.54, 1.807) is 6.20 Å². The van der Waals surface area contributed by atoms with E-state index in [1.165, 1.54) is 4.90 Å². The second-order valence-corrected chi connectivity index (χ2v) is 4.31. The smallest absolute Gasteiger partial charge is 0.411 e. The average Bonchev–Trinajstić information content (AvgIpc) is 2.39. The van der Waals surface area contributed by atoms with Crippen LogP contribution in [0.4, 0.5) is 4.79 Å². The third kappa shape index (κ3) is 2.69. The minimum Gasteiger partial charge on any atom is -0.465 e. The molecule has 0 fully saturated rings. The number of benzene rings is 1. The van der Waals surface area contributed by atoms with Crippen molar-refractivity contribution >= 4 is 6.09 Å². The van der Waals surface area contributed by atoms with E-state index in [0.29, 0.717) is 19.4 Å². The normalized spacial score (nSPS) is 18.9. The number of amides is 1. The lowest BCUT2D eigenvalue weighted by molar-refractivity contribution is 0.158. The molecule has 1 heterocycles. The van der Waals surface area contributed by atoms with Crippen LogP contribution in [0.5, 0.6) is 0 Å². The van der Waals surface area contributed by atoms with E-state index in [1.807, 2.05) is 30.3 Å². The molecule has 1 aliphatic rings. The van der Waals surface area contributed by atoms with Gasteiger partial charge in [-0.15, -0.1) is 0 Å². The molecule has 4 heteroatoms. The molecule has 0 radical (unpaired) electrons. The molecule has 1 unspecified atom stereocenters. The van der Waals surface area contributed by atoms with Gasteiger partial charge >= 0.3 is 6.09 Å². The average molecular weight is 242 g/mol. The zero-order valence-corrected chi connectivity index (χ0v) is 9.91. The first-order chi connectivity index (χ1) is 8.70. The van der Waals surface area contributed by atoms with E-state index in [4.69, 9.17) is 10.4 Å². The van der Waals surface area contributed by atoms with Crippen molar-refractivity contribution in [1.29, 1.82) is 5.26 Å². The summed E-state index contributed by atoms with van der Waals surface area (Å²) in [6.07, 6.45) is 1.84. The van der Waals surface area contributed by atoms with Crippen LogP contribution in [-0.2, 0) is 6.42 Å². The van der Waals surface area contributed by atoms with Crippen LogP contribution in [-0.4, -0.2) is 22.6 Å². The Kier molecular flexibility index (Phi) is 3.63. The summed E-state index contributed by atoms with van der Waals surface area (Å²) in [6, 6.07) is 12.0. The number of carbonyl (C=O) groups is 1. The van der Waals surface area contributed by atoms with Crippen LogP contribution in [0, 0.1) is 17.2 Å². The highest BCUT2D eigenvalue weighted by atomic mass is 16.4. The number of carboxylic acid groups (broad SMARTS) is 1. The fraction of sp³-hybridized carbons (Fsp3) is 0.286. The van der Waals surface area contributed by atoms with Gasteiger partial charge in [-0.05, 0) is 24.0 Å². The summed E-state index contributed by atoms with van der Waals surface area (Å²) in [4.78, 5) is 12.2. The minimum atomic E-state index is -0.961. The SMILES string of the molecule is N#CC1CCN(C(=O)O)C=C1Cc1ccccc1. The maximum Gasteiger partial charge on any atom is 0.411 e. The quantitative estimate of drug-likeness (QED) is 0.867. The Bertz CT molecular complexity index is 502. The summed E-state index contributed by atoms with van der Waals surface area (Å²) in [5, 5.41) is 18.1. The van der Waals surface area contributed by atoms with Gasteiger partial charge in [0.15, 0.2) is 0 Å². The van der Waals surface area contributed by atoms with E-state index in [0.717, 1.165) is 11.1 Å². The Balaban J connectivity index is 2.21. The summed E-state index contributed by atoms with van der Waals surface area (Å²) >= 11 is 0. The Morgan fingerprint density at radius 2 is 2.17 bits per heavy atom. The van der Waals surface area contributed by atoms with E-state index in [9.17, 15) is 4.79 Å². The van der Waals surface area contributed by atoms with Crippen molar-refractivity contribution in [3.05, 3.63) is 47.7 Å². The monoisotopic (exact) mass is 242 g/mol. The van der Waals surface area contributed by atoms with Gasteiger partial charge in [0.25, 0.3) is 0 Å². The second kappa shape index (κ2) is 5.37. The number of allylic oxidation sites excluding steroid dienone is 1. The molecule has 0 bridgehead atoms. The third-order valence-corrected chi connectivity index (χ3v) is 3.08. The highest BCUT2D eigenvalue weighted by Gasteiger charge is 2.23. The number of nitriles is 1. The first-order valence-electron chi connectivity index (χ1n) is 5.84. The van der Waals surface area contributed by atoms with Crippen molar-refractivity contribution in [3.8, 4) is 6.07 Å². The topological polar surface area (TPSA) is 64.3 Å². The molecule has 1 aromatic rings. The number of rotatable bonds is 2. The molecule has 1 amide bonds. The van der Waals surface area contributed by atoms with Crippen LogP contribution < -0.4 is 0 Å². The Labute approximate surface area is 106 Å². The second-order valence-electron chi connectivity index (χ2n) is 4.31. The molecule has 0 saturated carbocycles. The first-order valence-corrected chi connectivity index (χ1v) is 5.84. The van der Waals surface area contributed by atoms with Gasteiger partial charge < -0.3 is 5.11 Å². The van der Waals surface area contributed by atoms with Crippen molar-refractivity contribution in [3.63, 3.8) is 0 Å². The lowest BCUT2D eigenvalue weighted by atomic mass is 9.90. The van der Waals surface area contributed by atoms with Crippen LogP contribution in [0.25, 0.3) is 0 Å². The molecule has 4 nitrogen and oxygen atoms in total. The van der Waals surface area contributed by atoms with Crippen LogP contribution in [0.2, 0.25) is 0 Å². The lowest BCUT2D eigenvalue weighted by Gasteiger charge is -2.26. The van der Waals surface area contributed by atoms with Gasteiger partial charge in [0.1, 0.15) is 0 Å². The van der Waals surface area contributed by atoms with Crippen molar-refractivity contribution < 1.29 is 9.90 Å². The molecule has 1 aliphatic heterocycles. The number of hydrogen-bond donors (Lipinski definition) is 1. The summed E-state index contributed by atoms with van der Waals surface area (Å²) in [7, 11) is 0. The predicted octanol–water partition coefficient (Wildman–Crippen LogP) is 2.64. The third-order valence-electron chi connectivity index (χ3n) is 3.08. The maximum absolute atomic E-state index is 10.9. The molecule has 1 N–H and O–H groups in total. The molecule has 0 saturated heterocycles. The minimum absolute atomic E-state index is 0.180. The number of hydrogen-bond acceptors (Lipinski definition) is 2. The van der Waals surface area contributed by atoms with Crippen LogP contribution in [0.3, 0.4) is 0 Å². The van der Waals surface area contributed by atoms with Crippen LogP contribution >= 0.6 is 0 Å². The van der Waals surface area contributed by atoms with Gasteiger partial charge in [-0.25, -0.2) is 4.79 Å². The Morgan fingerprint density at radius 3 is 2.78 bits per heavy atom. The van der Waals surface area contributed by atoms with Gasteiger partial charge in [-0.2, -0.15) is 5.26 Å². The molecule has 0 aliphatic carbocycles. The maximum atomic E-state index is 10.9. The predicted molar refractivity (Wildman–Crippen MR) is 66.7 cm³/mol. The van der Waals surface area contributed by atoms with Crippen molar-refractivity contribution in [2.45, 2.75) is 12.8 Å². The molecule has 0 aromatic heterocycles. The van der Waals surface area contributed by atoms with E-state index >= 15 is 0 Å². The van der Waals surface area contributed by atoms with Crippen molar-refractivity contribution in [2.75, 3.05) is 6.54 Å². The summed E-state index contributed by atoms with van der Waals surface area (Å²) in [5.74, 6) is -0.180. The lowest BCUT2D eigenvalue weighted by Crippen LogP contribution is -2.31. The van der Waals surface area contributed by atoms with E-state index in [2.05, 4.69) is 6.07 Å². The zero-order valence-electron chi connectivity index (χ0n) is 9.91. The summed E-state index contributed by atoms with van der Waals surface area (Å²) in [6.45, 7) is 0.395. The summed E-state index contributed by atoms with van der Waals surface area (Å²) in [5.41, 5.74) is 1.97. The van der Waals surface area contributed by atoms with Gasteiger partial charge in [-0.1, -0.05) is 30.3 Å². The van der Waals surface area contributed by atoms with Crippen molar-refractivity contribution in [1.82, 2.24) is 4.90 Å². The molecule has 0 spiro atoms. The Morgan fingerprint density at radius 1 is 1.44 bits per heavy atom. The van der Waals surface area contributed by atoms with E-state index in [-0.39, 0.29) is 5.92 Å². The fourth-order valence-electron chi connectivity index (χ4n) is 2.11.